The van der Waals surface area contributed by atoms with E-state index in [0.29, 0.717) is 6.61 Å². The third kappa shape index (κ3) is 4.59. The molecular formula is C11H20N2O4Si. The summed E-state index contributed by atoms with van der Waals surface area (Å²) in [5.41, 5.74) is -0.922. The Morgan fingerprint density at radius 1 is 1.39 bits per heavy atom. The summed E-state index contributed by atoms with van der Waals surface area (Å²) in [5, 5.41) is 8.94. The smallest absolute Gasteiger partial charge is 0.330 e. The second-order valence-electron chi connectivity index (χ2n) is 5.39. The van der Waals surface area contributed by atoms with Crippen molar-refractivity contribution in [3.05, 3.63) is 32.6 Å². The zero-order chi connectivity index (χ0) is 13.8. The van der Waals surface area contributed by atoms with E-state index in [1.54, 1.807) is 0 Å². The van der Waals surface area contributed by atoms with Crippen LogP contribution in [-0.4, -0.2) is 29.3 Å². The standard InChI is InChI=1S/C11H20N2O4Si/c1-18(2,3)5-4-17-8-13-6-9(7-14)10(15)12-11(13)16/h6,14H,4-5,7-8H2,1-3H3,(H,12,15,16). The molecule has 0 aliphatic rings. The average molecular weight is 272 g/mol. The molecule has 0 fully saturated rings. The highest BCUT2D eigenvalue weighted by Crippen LogP contribution is 2.07. The summed E-state index contributed by atoms with van der Waals surface area (Å²) in [6.07, 6.45) is 1.33. The van der Waals surface area contributed by atoms with Crippen LogP contribution >= 0.6 is 0 Å². The van der Waals surface area contributed by atoms with Gasteiger partial charge in [0.05, 0.1) is 12.2 Å². The molecule has 7 heteroatoms. The van der Waals surface area contributed by atoms with Crippen LogP contribution in [-0.2, 0) is 18.1 Å². The fourth-order valence-corrected chi connectivity index (χ4v) is 2.06. The van der Waals surface area contributed by atoms with Crippen molar-refractivity contribution in [2.24, 2.45) is 0 Å². The van der Waals surface area contributed by atoms with Gasteiger partial charge in [-0.3, -0.25) is 14.3 Å². The van der Waals surface area contributed by atoms with Gasteiger partial charge in [-0.2, -0.15) is 0 Å². The molecule has 0 aliphatic carbocycles. The summed E-state index contributed by atoms with van der Waals surface area (Å²) in [7, 11) is -1.15. The number of aliphatic hydroxyl groups excluding tert-OH is 1. The third-order valence-corrected chi connectivity index (χ3v) is 4.19. The Labute approximate surface area is 106 Å². The number of hydrogen-bond donors (Lipinski definition) is 2. The van der Waals surface area contributed by atoms with Gasteiger partial charge in [0.2, 0.25) is 0 Å². The Hall–Kier alpha value is -1.18. The van der Waals surface area contributed by atoms with Crippen LogP contribution < -0.4 is 11.2 Å². The first-order chi connectivity index (χ1) is 8.33. The molecule has 0 saturated carbocycles. The molecule has 0 amide bonds. The average Bonchev–Trinajstić information content (AvgIpc) is 2.25. The number of rotatable bonds is 6. The quantitative estimate of drug-likeness (QED) is 0.578. The van der Waals surface area contributed by atoms with Crippen LogP contribution in [0.4, 0.5) is 0 Å². The van der Waals surface area contributed by atoms with Crippen LogP contribution in [0.3, 0.4) is 0 Å². The molecule has 0 aromatic carbocycles. The van der Waals surface area contributed by atoms with Crippen molar-refractivity contribution in [3.63, 3.8) is 0 Å². The van der Waals surface area contributed by atoms with Crippen LogP contribution in [0.25, 0.3) is 0 Å². The van der Waals surface area contributed by atoms with Crippen molar-refractivity contribution in [2.75, 3.05) is 6.61 Å². The van der Waals surface area contributed by atoms with Gasteiger partial charge in [-0.1, -0.05) is 19.6 Å². The van der Waals surface area contributed by atoms with Gasteiger partial charge in [-0.25, -0.2) is 4.79 Å². The first kappa shape index (κ1) is 14.9. The molecule has 102 valence electrons. The zero-order valence-electron chi connectivity index (χ0n) is 11.0. The highest BCUT2D eigenvalue weighted by molar-refractivity contribution is 6.76. The van der Waals surface area contributed by atoms with E-state index in [1.807, 2.05) is 0 Å². The second-order valence-corrected chi connectivity index (χ2v) is 11.0. The number of nitrogens with one attached hydrogen (secondary N) is 1. The monoisotopic (exact) mass is 272 g/mol. The fourth-order valence-electron chi connectivity index (χ4n) is 1.30. The molecule has 1 aromatic heterocycles. The van der Waals surface area contributed by atoms with E-state index in [1.165, 1.54) is 10.8 Å². The highest BCUT2D eigenvalue weighted by Gasteiger charge is 2.12. The van der Waals surface area contributed by atoms with E-state index in [2.05, 4.69) is 24.6 Å². The molecule has 0 aliphatic heterocycles. The highest BCUT2D eigenvalue weighted by atomic mass is 28.3. The normalized spacial score (nSPS) is 11.8. The lowest BCUT2D eigenvalue weighted by molar-refractivity contribution is 0.0831. The van der Waals surface area contributed by atoms with Crippen molar-refractivity contribution < 1.29 is 9.84 Å². The molecule has 0 saturated heterocycles. The number of hydrogen-bond acceptors (Lipinski definition) is 4. The summed E-state index contributed by atoms with van der Waals surface area (Å²) in [6, 6.07) is 1.01. The Bertz CT molecular complexity index is 501. The van der Waals surface area contributed by atoms with Gasteiger partial charge in [-0.15, -0.1) is 0 Å². The molecule has 0 radical (unpaired) electrons. The topological polar surface area (TPSA) is 84.3 Å². The van der Waals surface area contributed by atoms with Crippen molar-refractivity contribution in [1.29, 1.82) is 0 Å². The molecule has 0 atom stereocenters. The minimum atomic E-state index is -1.15. The van der Waals surface area contributed by atoms with Crippen molar-refractivity contribution >= 4 is 8.07 Å². The Morgan fingerprint density at radius 3 is 2.61 bits per heavy atom. The van der Waals surface area contributed by atoms with E-state index >= 15 is 0 Å². The summed E-state index contributed by atoms with van der Waals surface area (Å²) in [4.78, 5) is 24.8. The van der Waals surface area contributed by atoms with E-state index in [0.717, 1.165) is 6.04 Å². The minimum absolute atomic E-state index is 0.0904. The van der Waals surface area contributed by atoms with Crippen LogP contribution in [0.1, 0.15) is 5.56 Å². The third-order valence-electron chi connectivity index (χ3n) is 2.48. The molecule has 2 N–H and O–H groups in total. The lowest BCUT2D eigenvalue weighted by Crippen LogP contribution is -2.32. The second kappa shape index (κ2) is 6.12. The summed E-state index contributed by atoms with van der Waals surface area (Å²) in [6.45, 7) is 7.01. The molecule has 1 rings (SSSR count). The maximum Gasteiger partial charge on any atom is 0.330 e. The number of aliphatic hydroxyl groups is 1. The predicted molar refractivity (Wildman–Crippen MR) is 71.4 cm³/mol. The van der Waals surface area contributed by atoms with E-state index in [4.69, 9.17) is 9.84 Å². The first-order valence-electron chi connectivity index (χ1n) is 5.85. The van der Waals surface area contributed by atoms with Gasteiger partial charge in [0, 0.05) is 20.9 Å². The Morgan fingerprint density at radius 2 is 2.06 bits per heavy atom. The molecule has 1 aromatic rings. The van der Waals surface area contributed by atoms with Crippen LogP contribution in [0, 0.1) is 0 Å². The van der Waals surface area contributed by atoms with Gasteiger partial charge in [-0.05, 0) is 6.04 Å². The largest absolute Gasteiger partial charge is 0.391 e. The Balaban J connectivity index is 2.63. The molecule has 0 spiro atoms. The maximum absolute atomic E-state index is 11.5. The first-order valence-corrected chi connectivity index (χ1v) is 9.55. The number of H-pyrrole nitrogens is 1. The van der Waals surface area contributed by atoms with Gasteiger partial charge < -0.3 is 9.84 Å². The molecule has 0 bridgehead atoms. The maximum atomic E-state index is 11.5. The Kier molecular flexibility index (Phi) is 5.06. The molecule has 1 heterocycles. The van der Waals surface area contributed by atoms with Gasteiger partial charge in [0.1, 0.15) is 6.73 Å². The van der Waals surface area contributed by atoms with Crippen molar-refractivity contribution in [2.45, 2.75) is 39.0 Å². The number of ether oxygens (including phenoxy) is 1. The lowest BCUT2D eigenvalue weighted by Gasteiger charge is -2.15. The van der Waals surface area contributed by atoms with Crippen LogP contribution in [0.2, 0.25) is 25.7 Å². The summed E-state index contributed by atoms with van der Waals surface area (Å²) < 4.78 is 6.66. The predicted octanol–water partition coefficient (Wildman–Crippen LogP) is 0.341. The van der Waals surface area contributed by atoms with E-state index < -0.39 is 25.9 Å². The number of aromatic nitrogens is 2. The van der Waals surface area contributed by atoms with E-state index in [-0.39, 0.29) is 12.3 Å². The number of nitrogens with zero attached hydrogens (tertiary/aromatic N) is 1. The van der Waals surface area contributed by atoms with Gasteiger partial charge in [0.15, 0.2) is 0 Å². The van der Waals surface area contributed by atoms with Gasteiger partial charge >= 0.3 is 5.69 Å². The SMILES string of the molecule is C[Si](C)(C)CCOCn1cc(CO)c(=O)[nH]c1=O. The summed E-state index contributed by atoms with van der Waals surface area (Å²) >= 11 is 0. The lowest BCUT2D eigenvalue weighted by atomic mass is 10.3. The number of aromatic amines is 1. The molecule has 0 unspecified atom stereocenters. The van der Waals surface area contributed by atoms with Gasteiger partial charge in [0.25, 0.3) is 5.56 Å². The van der Waals surface area contributed by atoms with E-state index in [9.17, 15) is 9.59 Å². The minimum Gasteiger partial charge on any atom is -0.391 e. The zero-order valence-corrected chi connectivity index (χ0v) is 12.0. The molecule has 6 nitrogen and oxygen atoms in total. The van der Waals surface area contributed by atoms with Crippen molar-refractivity contribution in [1.82, 2.24) is 9.55 Å². The van der Waals surface area contributed by atoms with Crippen LogP contribution in [0.15, 0.2) is 15.8 Å². The summed E-state index contributed by atoms with van der Waals surface area (Å²) in [5.74, 6) is 0. The fraction of sp³-hybridized carbons (Fsp3) is 0.636. The molecule has 18 heavy (non-hydrogen) atoms. The van der Waals surface area contributed by atoms with Crippen molar-refractivity contribution in [3.8, 4) is 0 Å². The molecular weight excluding hydrogens is 252 g/mol. The van der Waals surface area contributed by atoms with Crippen LogP contribution in [0.5, 0.6) is 0 Å².